The van der Waals surface area contributed by atoms with E-state index in [0.29, 0.717) is 27.2 Å². The van der Waals surface area contributed by atoms with Crippen LogP contribution in [0.25, 0.3) is 0 Å². The normalized spacial score (nSPS) is 11.9. The van der Waals surface area contributed by atoms with E-state index in [-0.39, 0.29) is 12.3 Å². The van der Waals surface area contributed by atoms with Crippen molar-refractivity contribution >= 4 is 39.9 Å². The van der Waals surface area contributed by atoms with Crippen LogP contribution < -0.4 is 5.32 Å². The van der Waals surface area contributed by atoms with Gasteiger partial charge in [-0.25, -0.2) is 0 Å². The van der Waals surface area contributed by atoms with Gasteiger partial charge in [0, 0.05) is 27.2 Å². The van der Waals surface area contributed by atoms with Crippen molar-refractivity contribution in [2.75, 3.05) is 12.3 Å². The van der Waals surface area contributed by atoms with Gasteiger partial charge >= 0.3 is 0 Å². The highest BCUT2D eigenvalue weighted by Gasteiger charge is 2.06. The second kappa shape index (κ2) is 8.32. The highest BCUT2D eigenvalue weighted by Crippen LogP contribution is 2.12. The van der Waals surface area contributed by atoms with Crippen LogP contribution in [0.3, 0.4) is 0 Å². The monoisotopic (exact) mass is 355 g/mol. The van der Waals surface area contributed by atoms with Gasteiger partial charge in [-0.2, -0.15) is 0 Å². The van der Waals surface area contributed by atoms with Crippen LogP contribution in [0, 0.1) is 0 Å². The molecule has 1 amide bonds. The van der Waals surface area contributed by atoms with E-state index in [1.54, 1.807) is 36.4 Å². The number of carbonyl (C=O) groups excluding carboxylic acids is 1. The lowest BCUT2D eigenvalue weighted by atomic mass is 10.1. The van der Waals surface area contributed by atoms with Crippen molar-refractivity contribution in [3.8, 4) is 0 Å². The SMILES string of the molecule is O=C(Cc1ccc(Cl)cc1)NCC[S@@](=O)c1ccc(Cl)cc1. The fraction of sp³-hybridized carbons (Fsp3) is 0.188. The summed E-state index contributed by atoms with van der Waals surface area (Å²) < 4.78 is 12.0. The lowest BCUT2D eigenvalue weighted by Gasteiger charge is -2.06. The number of halogens is 2. The molecule has 1 atom stereocenters. The van der Waals surface area contributed by atoms with Gasteiger partial charge in [0.15, 0.2) is 0 Å². The summed E-state index contributed by atoms with van der Waals surface area (Å²) in [5.74, 6) is 0.268. The van der Waals surface area contributed by atoms with Crippen LogP contribution in [0.2, 0.25) is 10.0 Å². The molecular weight excluding hydrogens is 341 g/mol. The summed E-state index contributed by atoms with van der Waals surface area (Å²) in [6.45, 7) is 0.363. The number of nitrogens with one attached hydrogen (secondary N) is 1. The zero-order chi connectivity index (χ0) is 15.9. The van der Waals surface area contributed by atoms with E-state index in [0.717, 1.165) is 5.56 Å². The first-order valence-corrected chi connectivity index (χ1v) is 8.77. The lowest BCUT2D eigenvalue weighted by Crippen LogP contribution is -2.29. The molecule has 0 saturated carbocycles. The maximum atomic E-state index is 12.0. The first kappa shape index (κ1) is 17.0. The van der Waals surface area contributed by atoms with Gasteiger partial charge in [0.05, 0.1) is 17.2 Å². The molecule has 116 valence electrons. The van der Waals surface area contributed by atoms with Crippen molar-refractivity contribution in [2.24, 2.45) is 0 Å². The van der Waals surface area contributed by atoms with Gasteiger partial charge in [0.2, 0.25) is 5.91 Å². The van der Waals surface area contributed by atoms with Crippen molar-refractivity contribution in [3.63, 3.8) is 0 Å². The second-order valence-electron chi connectivity index (χ2n) is 4.66. The molecule has 2 rings (SSSR count). The molecule has 3 nitrogen and oxygen atoms in total. The van der Waals surface area contributed by atoms with Crippen molar-refractivity contribution in [3.05, 3.63) is 64.1 Å². The number of hydrogen-bond donors (Lipinski definition) is 1. The quantitative estimate of drug-likeness (QED) is 0.862. The molecular formula is C16H15Cl2NO2S. The summed E-state index contributed by atoms with van der Waals surface area (Å²) in [4.78, 5) is 12.5. The average Bonchev–Trinajstić information content (AvgIpc) is 2.50. The Morgan fingerprint density at radius 1 is 0.955 bits per heavy atom. The van der Waals surface area contributed by atoms with E-state index in [4.69, 9.17) is 23.2 Å². The minimum atomic E-state index is -1.15. The van der Waals surface area contributed by atoms with E-state index < -0.39 is 10.8 Å². The largest absolute Gasteiger partial charge is 0.355 e. The van der Waals surface area contributed by atoms with Crippen molar-refractivity contribution in [1.29, 1.82) is 0 Å². The highest BCUT2D eigenvalue weighted by atomic mass is 35.5. The van der Waals surface area contributed by atoms with Crippen molar-refractivity contribution < 1.29 is 9.00 Å². The van der Waals surface area contributed by atoms with Crippen LogP contribution in [0.1, 0.15) is 5.56 Å². The summed E-state index contributed by atoms with van der Waals surface area (Å²) in [7, 11) is -1.15. The zero-order valence-electron chi connectivity index (χ0n) is 11.7. The summed E-state index contributed by atoms with van der Waals surface area (Å²) in [5.41, 5.74) is 0.890. The third-order valence-corrected chi connectivity index (χ3v) is 4.84. The molecule has 1 N–H and O–H groups in total. The molecule has 6 heteroatoms. The summed E-state index contributed by atoms with van der Waals surface area (Å²) in [6, 6.07) is 14.0. The molecule has 0 heterocycles. The molecule has 0 aliphatic carbocycles. The van der Waals surface area contributed by atoms with E-state index >= 15 is 0 Å². The van der Waals surface area contributed by atoms with E-state index in [1.807, 2.05) is 12.1 Å². The molecule has 0 aliphatic rings. The van der Waals surface area contributed by atoms with Crippen LogP contribution in [-0.4, -0.2) is 22.4 Å². The summed E-state index contributed by atoms with van der Waals surface area (Å²) in [6.07, 6.45) is 0.282. The maximum absolute atomic E-state index is 12.0. The van der Waals surface area contributed by atoms with Crippen molar-refractivity contribution in [1.82, 2.24) is 5.32 Å². The predicted octanol–water partition coefficient (Wildman–Crippen LogP) is 3.46. The first-order valence-electron chi connectivity index (χ1n) is 6.69. The summed E-state index contributed by atoms with van der Waals surface area (Å²) >= 11 is 11.6. The second-order valence-corrected chi connectivity index (χ2v) is 7.10. The Morgan fingerprint density at radius 3 is 2.09 bits per heavy atom. The first-order chi connectivity index (χ1) is 10.5. The van der Waals surface area contributed by atoms with Crippen molar-refractivity contribution in [2.45, 2.75) is 11.3 Å². The highest BCUT2D eigenvalue weighted by molar-refractivity contribution is 7.85. The van der Waals surface area contributed by atoms with Gasteiger partial charge < -0.3 is 5.32 Å². The molecule has 0 aromatic heterocycles. The average molecular weight is 356 g/mol. The smallest absolute Gasteiger partial charge is 0.224 e. The van der Waals surface area contributed by atoms with Crippen LogP contribution in [0.4, 0.5) is 0 Å². The zero-order valence-corrected chi connectivity index (χ0v) is 14.0. The molecule has 0 unspecified atom stereocenters. The van der Waals surface area contributed by atoms with Gasteiger partial charge in [0.1, 0.15) is 0 Å². The third kappa shape index (κ3) is 5.44. The molecule has 0 spiro atoms. The molecule has 0 bridgehead atoms. The Balaban J connectivity index is 1.75. The molecule has 22 heavy (non-hydrogen) atoms. The Bertz CT molecular complexity index is 657. The Kier molecular flexibility index (Phi) is 6.43. The summed E-state index contributed by atoms with van der Waals surface area (Å²) in [5, 5.41) is 4.02. The van der Waals surface area contributed by atoms with Crippen LogP contribution >= 0.6 is 23.2 Å². The topological polar surface area (TPSA) is 46.2 Å². The van der Waals surface area contributed by atoms with E-state index in [1.165, 1.54) is 0 Å². The number of rotatable bonds is 6. The number of amides is 1. The fourth-order valence-corrected chi connectivity index (χ4v) is 3.05. The fourth-order valence-electron chi connectivity index (χ4n) is 1.84. The van der Waals surface area contributed by atoms with Crippen LogP contribution in [0.15, 0.2) is 53.4 Å². The van der Waals surface area contributed by atoms with E-state index in [9.17, 15) is 9.00 Å². The van der Waals surface area contributed by atoms with Crippen LogP contribution in [-0.2, 0) is 22.0 Å². The number of benzene rings is 2. The van der Waals surface area contributed by atoms with Gasteiger partial charge in [-0.15, -0.1) is 0 Å². The predicted molar refractivity (Wildman–Crippen MR) is 90.9 cm³/mol. The maximum Gasteiger partial charge on any atom is 0.224 e. The third-order valence-electron chi connectivity index (χ3n) is 2.96. The van der Waals surface area contributed by atoms with Gasteiger partial charge in [-0.1, -0.05) is 35.3 Å². The van der Waals surface area contributed by atoms with Crippen LogP contribution in [0.5, 0.6) is 0 Å². The minimum absolute atomic E-state index is 0.101. The minimum Gasteiger partial charge on any atom is -0.355 e. The van der Waals surface area contributed by atoms with Gasteiger partial charge in [0.25, 0.3) is 0 Å². The lowest BCUT2D eigenvalue weighted by molar-refractivity contribution is -0.120. The molecule has 0 fully saturated rings. The standard InChI is InChI=1S/C16H15Cl2NO2S/c17-13-3-1-12(2-4-13)11-16(20)19-9-10-22(21)15-7-5-14(18)6-8-15/h1-8H,9-11H2,(H,19,20)/t22-/m1/s1. The number of hydrogen-bond acceptors (Lipinski definition) is 2. The Labute approximate surface area is 142 Å². The molecule has 0 aliphatic heterocycles. The molecule has 2 aromatic rings. The van der Waals surface area contributed by atoms with E-state index in [2.05, 4.69) is 5.32 Å². The Hall–Kier alpha value is -1.36. The number of carbonyl (C=O) groups is 1. The van der Waals surface area contributed by atoms with Gasteiger partial charge in [-0.05, 0) is 42.0 Å². The molecule has 0 radical (unpaired) electrons. The Morgan fingerprint density at radius 2 is 1.50 bits per heavy atom. The molecule has 0 saturated heterocycles. The van der Waals surface area contributed by atoms with Gasteiger partial charge in [-0.3, -0.25) is 9.00 Å². The molecule has 2 aromatic carbocycles.